The lowest BCUT2D eigenvalue weighted by Gasteiger charge is -2.13. The molecule has 2 rings (SSSR count). The summed E-state index contributed by atoms with van der Waals surface area (Å²) in [6, 6.07) is 0. The highest BCUT2D eigenvalue weighted by atomic mass is 33.1. The molecule has 70 valence electrons. The smallest absolute Gasteiger partial charge is 0.124 e. The second-order valence-corrected chi connectivity index (χ2v) is 5.75. The first-order valence-corrected chi connectivity index (χ1v) is 6.54. The van der Waals surface area contributed by atoms with Crippen molar-refractivity contribution in [2.75, 3.05) is 0 Å². The summed E-state index contributed by atoms with van der Waals surface area (Å²) in [7, 11) is 3.62. The number of hydrogen-bond acceptors (Lipinski definition) is 4. The monoisotopic (exact) mass is 213 g/mol. The Labute approximate surface area is 85.6 Å². The number of allylic oxidation sites excluding steroid dienone is 2. The van der Waals surface area contributed by atoms with Crippen LogP contribution in [0.3, 0.4) is 0 Å². The minimum atomic E-state index is 0.320. The zero-order valence-corrected chi connectivity index (χ0v) is 8.68. The molecule has 0 radical (unpaired) electrons. The summed E-state index contributed by atoms with van der Waals surface area (Å²) in [5, 5.41) is 4.14. The molecule has 2 nitrogen and oxygen atoms in total. The minimum Gasteiger partial charge on any atom is -0.375 e. The fourth-order valence-corrected chi connectivity index (χ4v) is 3.93. The molecule has 2 unspecified atom stereocenters. The number of nitrogens with one attached hydrogen (secondary N) is 1. The highest BCUT2D eigenvalue weighted by molar-refractivity contribution is 8.77. The van der Waals surface area contributed by atoms with Crippen LogP contribution in [0, 0.1) is 5.92 Å². The summed E-state index contributed by atoms with van der Waals surface area (Å²) in [6.45, 7) is 0. The molecular formula is C9H11NOS2. The van der Waals surface area contributed by atoms with Crippen molar-refractivity contribution in [1.82, 2.24) is 5.32 Å². The van der Waals surface area contributed by atoms with Crippen molar-refractivity contribution in [1.29, 1.82) is 0 Å². The molecular weight excluding hydrogens is 202 g/mol. The summed E-state index contributed by atoms with van der Waals surface area (Å²) in [4.78, 5) is 10.4. The Balaban J connectivity index is 1.66. The van der Waals surface area contributed by atoms with Gasteiger partial charge in [-0.15, -0.1) is 0 Å². The minimum absolute atomic E-state index is 0.320. The highest BCUT2D eigenvalue weighted by Crippen LogP contribution is 2.47. The van der Waals surface area contributed by atoms with Gasteiger partial charge in [-0.05, 0) is 18.7 Å². The van der Waals surface area contributed by atoms with Crippen LogP contribution >= 0.6 is 21.6 Å². The molecule has 0 saturated heterocycles. The second kappa shape index (κ2) is 4.24. The van der Waals surface area contributed by atoms with E-state index < -0.39 is 0 Å². The normalized spacial score (nSPS) is 35.5. The van der Waals surface area contributed by atoms with Crippen LogP contribution in [-0.2, 0) is 4.79 Å². The van der Waals surface area contributed by atoms with E-state index in [2.05, 4.69) is 11.4 Å². The van der Waals surface area contributed by atoms with E-state index >= 15 is 0 Å². The molecule has 0 aromatic carbocycles. The molecule has 0 aromatic rings. The van der Waals surface area contributed by atoms with Crippen molar-refractivity contribution in [2.45, 2.75) is 17.0 Å². The van der Waals surface area contributed by atoms with E-state index in [1.165, 1.54) is 0 Å². The predicted octanol–water partition coefficient (Wildman–Crippen LogP) is 1.95. The Morgan fingerprint density at radius 3 is 2.92 bits per heavy atom. The van der Waals surface area contributed by atoms with Gasteiger partial charge in [0, 0.05) is 11.2 Å². The molecule has 0 amide bonds. The largest absolute Gasteiger partial charge is 0.375 e. The Hall–Kier alpha value is -0.350. The fourth-order valence-electron chi connectivity index (χ4n) is 1.06. The van der Waals surface area contributed by atoms with E-state index in [0.29, 0.717) is 16.5 Å². The second-order valence-electron chi connectivity index (χ2n) is 3.10. The SMILES string of the molecule is O=CC1C[C@@H]1SSC1C=CC=CN1. The lowest BCUT2D eigenvalue weighted by Crippen LogP contribution is -2.18. The summed E-state index contributed by atoms with van der Waals surface area (Å²) >= 11 is 0. The average Bonchev–Trinajstić information content (AvgIpc) is 2.95. The van der Waals surface area contributed by atoms with Crippen molar-refractivity contribution < 1.29 is 4.79 Å². The van der Waals surface area contributed by atoms with Gasteiger partial charge in [0.05, 0.1) is 0 Å². The van der Waals surface area contributed by atoms with E-state index in [1.807, 2.05) is 29.1 Å². The Morgan fingerprint density at radius 2 is 2.31 bits per heavy atom. The molecule has 0 bridgehead atoms. The van der Waals surface area contributed by atoms with Crippen LogP contribution in [0.25, 0.3) is 0 Å². The zero-order chi connectivity index (χ0) is 9.10. The Bertz CT molecular complexity index is 252. The Kier molecular flexibility index (Phi) is 3.01. The molecule has 1 fully saturated rings. The van der Waals surface area contributed by atoms with Gasteiger partial charge in [-0.25, -0.2) is 0 Å². The van der Waals surface area contributed by atoms with Crippen molar-refractivity contribution in [3.63, 3.8) is 0 Å². The van der Waals surface area contributed by atoms with Gasteiger partial charge in [-0.1, -0.05) is 33.7 Å². The maximum absolute atomic E-state index is 10.4. The molecule has 1 N–H and O–H groups in total. The van der Waals surface area contributed by atoms with Crippen molar-refractivity contribution in [2.24, 2.45) is 5.92 Å². The summed E-state index contributed by atoms with van der Waals surface area (Å²) in [5.74, 6) is 0.320. The maximum atomic E-state index is 10.4. The highest BCUT2D eigenvalue weighted by Gasteiger charge is 2.37. The molecule has 4 heteroatoms. The van der Waals surface area contributed by atoms with E-state index in [4.69, 9.17) is 0 Å². The topological polar surface area (TPSA) is 29.1 Å². The van der Waals surface area contributed by atoms with Gasteiger partial charge in [-0.2, -0.15) is 0 Å². The van der Waals surface area contributed by atoms with Gasteiger partial charge < -0.3 is 10.1 Å². The van der Waals surface area contributed by atoms with E-state index in [0.717, 1.165) is 12.7 Å². The third-order valence-electron chi connectivity index (χ3n) is 1.99. The van der Waals surface area contributed by atoms with Crippen LogP contribution in [0.2, 0.25) is 0 Å². The number of dihydropyridines is 1. The van der Waals surface area contributed by atoms with Gasteiger partial charge in [-0.3, -0.25) is 0 Å². The first-order chi connectivity index (χ1) is 6.40. The van der Waals surface area contributed by atoms with Crippen LogP contribution in [-0.4, -0.2) is 16.9 Å². The van der Waals surface area contributed by atoms with Crippen LogP contribution in [0.15, 0.2) is 24.4 Å². The van der Waals surface area contributed by atoms with Gasteiger partial charge in [0.25, 0.3) is 0 Å². The molecule has 1 heterocycles. The zero-order valence-electron chi connectivity index (χ0n) is 7.05. The number of rotatable bonds is 4. The van der Waals surface area contributed by atoms with Crippen LogP contribution < -0.4 is 5.32 Å². The standard InChI is InChI=1S/C9H11NOS2/c11-6-7-5-8(7)12-13-9-3-1-2-4-10-9/h1-4,6-10H,5H2/t7?,8-,9?/m0/s1. The van der Waals surface area contributed by atoms with Crippen LogP contribution in [0.1, 0.15) is 6.42 Å². The average molecular weight is 213 g/mol. The molecule has 1 saturated carbocycles. The van der Waals surface area contributed by atoms with E-state index in [1.54, 1.807) is 10.8 Å². The van der Waals surface area contributed by atoms with Crippen molar-refractivity contribution in [3.8, 4) is 0 Å². The maximum Gasteiger partial charge on any atom is 0.124 e. The quantitative estimate of drug-likeness (QED) is 0.571. The fraction of sp³-hybridized carbons (Fsp3) is 0.444. The molecule has 0 aromatic heterocycles. The Morgan fingerprint density at radius 1 is 1.38 bits per heavy atom. The summed E-state index contributed by atoms with van der Waals surface area (Å²) < 4.78 is 0. The van der Waals surface area contributed by atoms with Crippen LogP contribution in [0.4, 0.5) is 0 Å². The van der Waals surface area contributed by atoms with Gasteiger partial charge in [0.15, 0.2) is 0 Å². The number of hydrogen-bond donors (Lipinski definition) is 1. The molecule has 2 aliphatic rings. The third-order valence-corrected chi connectivity index (χ3v) is 5.09. The van der Waals surface area contributed by atoms with Crippen LogP contribution in [0.5, 0.6) is 0 Å². The van der Waals surface area contributed by atoms with Crippen molar-refractivity contribution in [3.05, 3.63) is 24.4 Å². The number of aldehydes is 1. The van der Waals surface area contributed by atoms with Gasteiger partial charge in [0.2, 0.25) is 0 Å². The van der Waals surface area contributed by atoms with Gasteiger partial charge in [0.1, 0.15) is 11.7 Å². The number of carbonyl (C=O) groups excluding carboxylic acids is 1. The molecule has 1 aliphatic carbocycles. The van der Waals surface area contributed by atoms with Gasteiger partial charge >= 0.3 is 0 Å². The van der Waals surface area contributed by atoms with E-state index in [-0.39, 0.29) is 0 Å². The first-order valence-electron chi connectivity index (χ1n) is 4.27. The molecule has 13 heavy (non-hydrogen) atoms. The first kappa shape index (κ1) is 9.21. The molecule has 0 spiro atoms. The number of carbonyl (C=O) groups is 1. The van der Waals surface area contributed by atoms with E-state index in [9.17, 15) is 4.79 Å². The third kappa shape index (κ3) is 2.54. The lowest BCUT2D eigenvalue weighted by molar-refractivity contribution is -0.108. The van der Waals surface area contributed by atoms with Crippen molar-refractivity contribution >= 4 is 27.9 Å². The summed E-state index contributed by atoms with van der Waals surface area (Å²) in [5.41, 5.74) is 0. The summed E-state index contributed by atoms with van der Waals surface area (Å²) in [6.07, 6.45) is 10.2. The molecule has 3 atom stereocenters. The molecule has 1 aliphatic heterocycles. The lowest BCUT2D eigenvalue weighted by atomic mass is 10.4. The predicted molar refractivity (Wildman–Crippen MR) is 58.3 cm³/mol.